The minimum atomic E-state index is -0.925. The highest BCUT2D eigenvalue weighted by atomic mass is 32.1. The average molecular weight is 354 g/mol. The number of ether oxygens (including phenoxy) is 1. The standard InChI is InChI=1S/C19H18N2O3S/c1-24-15-8-6-13(7-9-15)16(17-11-25-19(20)21-17)10-12-2-4-14(5-3-12)18(22)23/h2-9,11,16H,10H2,1H3,(H2,20,21)(H,22,23). The molecule has 0 aliphatic heterocycles. The molecule has 1 atom stereocenters. The Morgan fingerprint density at radius 1 is 1.20 bits per heavy atom. The van der Waals surface area contributed by atoms with Gasteiger partial charge in [-0.1, -0.05) is 24.3 Å². The Hall–Kier alpha value is -2.86. The van der Waals surface area contributed by atoms with Crippen LogP contribution in [0.3, 0.4) is 0 Å². The lowest BCUT2D eigenvalue weighted by Gasteiger charge is -2.16. The van der Waals surface area contributed by atoms with E-state index in [2.05, 4.69) is 4.98 Å². The first-order valence-electron chi connectivity index (χ1n) is 7.74. The quantitative estimate of drug-likeness (QED) is 0.703. The van der Waals surface area contributed by atoms with Crippen molar-refractivity contribution in [1.82, 2.24) is 4.98 Å². The van der Waals surface area contributed by atoms with Gasteiger partial charge in [0.05, 0.1) is 18.4 Å². The van der Waals surface area contributed by atoms with E-state index in [0.29, 0.717) is 11.6 Å². The Labute approximate surface area is 149 Å². The normalized spacial score (nSPS) is 11.9. The van der Waals surface area contributed by atoms with Gasteiger partial charge in [0, 0.05) is 11.3 Å². The van der Waals surface area contributed by atoms with Crippen molar-refractivity contribution in [2.75, 3.05) is 12.8 Å². The highest BCUT2D eigenvalue weighted by molar-refractivity contribution is 7.13. The van der Waals surface area contributed by atoms with E-state index in [1.165, 1.54) is 11.3 Å². The number of hydrogen-bond donors (Lipinski definition) is 2. The molecule has 0 fully saturated rings. The first-order chi connectivity index (χ1) is 12.1. The van der Waals surface area contributed by atoms with Crippen molar-refractivity contribution in [3.8, 4) is 5.75 Å². The van der Waals surface area contributed by atoms with E-state index in [-0.39, 0.29) is 11.5 Å². The third-order valence-corrected chi connectivity index (χ3v) is 4.75. The molecule has 1 heterocycles. The van der Waals surface area contributed by atoms with Crippen molar-refractivity contribution >= 4 is 22.4 Å². The van der Waals surface area contributed by atoms with Crippen molar-refractivity contribution in [2.45, 2.75) is 12.3 Å². The van der Waals surface area contributed by atoms with Gasteiger partial charge in [0.25, 0.3) is 0 Å². The lowest BCUT2D eigenvalue weighted by atomic mass is 9.89. The fourth-order valence-electron chi connectivity index (χ4n) is 2.71. The van der Waals surface area contributed by atoms with Gasteiger partial charge in [0.2, 0.25) is 0 Å². The lowest BCUT2D eigenvalue weighted by Crippen LogP contribution is -2.06. The van der Waals surface area contributed by atoms with E-state index >= 15 is 0 Å². The third-order valence-electron chi connectivity index (χ3n) is 4.06. The summed E-state index contributed by atoms with van der Waals surface area (Å²) in [6.45, 7) is 0. The summed E-state index contributed by atoms with van der Waals surface area (Å²) in [6.07, 6.45) is 0.704. The molecular formula is C19H18N2O3S. The zero-order chi connectivity index (χ0) is 17.8. The third kappa shape index (κ3) is 3.97. The molecule has 1 aromatic heterocycles. The summed E-state index contributed by atoms with van der Waals surface area (Å²) in [5.74, 6) is -0.0910. The molecule has 2 aromatic carbocycles. The van der Waals surface area contributed by atoms with E-state index in [1.807, 2.05) is 41.8 Å². The number of carboxylic acid groups (broad SMARTS) is 1. The van der Waals surface area contributed by atoms with Gasteiger partial charge < -0.3 is 15.6 Å². The number of rotatable bonds is 6. The molecule has 0 spiro atoms. The van der Waals surface area contributed by atoms with E-state index in [4.69, 9.17) is 15.6 Å². The minimum absolute atomic E-state index is 0.0372. The summed E-state index contributed by atoms with van der Waals surface area (Å²) >= 11 is 1.42. The van der Waals surface area contributed by atoms with Gasteiger partial charge in [-0.2, -0.15) is 0 Å². The van der Waals surface area contributed by atoms with Crippen molar-refractivity contribution in [1.29, 1.82) is 0 Å². The first kappa shape index (κ1) is 17.0. The summed E-state index contributed by atoms with van der Waals surface area (Å²) in [5, 5.41) is 11.5. The average Bonchev–Trinajstić information content (AvgIpc) is 3.06. The maximum Gasteiger partial charge on any atom is 0.335 e. The van der Waals surface area contributed by atoms with Crippen LogP contribution in [0.1, 0.15) is 33.1 Å². The number of nitrogens with two attached hydrogens (primary N) is 1. The second-order valence-corrected chi connectivity index (χ2v) is 6.53. The number of methoxy groups -OCH3 is 1. The highest BCUT2D eigenvalue weighted by Gasteiger charge is 2.18. The molecule has 128 valence electrons. The Morgan fingerprint density at radius 2 is 1.88 bits per heavy atom. The molecule has 0 saturated heterocycles. The van der Waals surface area contributed by atoms with E-state index in [1.54, 1.807) is 19.2 Å². The summed E-state index contributed by atoms with van der Waals surface area (Å²) in [4.78, 5) is 15.4. The van der Waals surface area contributed by atoms with Gasteiger partial charge >= 0.3 is 5.97 Å². The Bertz CT molecular complexity index is 857. The number of anilines is 1. The second-order valence-electron chi connectivity index (χ2n) is 5.64. The maximum absolute atomic E-state index is 11.0. The number of aromatic nitrogens is 1. The van der Waals surface area contributed by atoms with Crippen molar-refractivity contribution in [2.24, 2.45) is 0 Å². The predicted molar refractivity (Wildman–Crippen MR) is 98.5 cm³/mol. The zero-order valence-electron chi connectivity index (χ0n) is 13.7. The predicted octanol–water partition coefficient (Wildman–Crippen LogP) is 3.81. The molecule has 0 radical (unpaired) electrons. The van der Waals surface area contributed by atoms with Gasteiger partial charge in [-0.05, 0) is 41.8 Å². The molecule has 6 heteroatoms. The van der Waals surface area contributed by atoms with Crippen LogP contribution < -0.4 is 10.5 Å². The van der Waals surface area contributed by atoms with Crippen LogP contribution in [0.25, 0.3) is 0 Å². The van der Waals surface area contributed by atoms with Crippen LogP contribution in [0, 0.1) is 0 Å². The molecule has 0 saturated carbocycles. The molecule has 0 amide bonds. The minimum Gasteiger partial charge on any atom is -0.497 e. The fourth-order valence-corrected chi connectivity index (χ4v) is 3.33. The Kier molecular flexibility index (Phi) is 5.00. The first-order valence-corrected chi connectivity index (χ1v) is 8.62. The number of carboxylic acids is 1. The SMILES string of the molecule is COc1ccc(C(Cc2ccc(C(=O)O)cc2)c2csc(N)n2)cc1. The van der Waals surface area contributed by atoms with Gasteiger partial charge in [-0.25, -0.2) is 9.78 Å². The summed E-state index contributed by atoms with van der Waals surface area (Å²) in [6, 6.07) is 14.8. The molecule has 0 bridgehead atoms. The molecule has 0 aliphatic carbocycles. The summed E-state index contributed by atoms with van der Waals surface area (Å²) < 4.78 is 5.22. The van der Waals surface area contributed by atoms with Gasteiger partial charge in [0.1, 0.15) is 5.75 Å². The van der Waals surface area contributed by atoms with Crippen LogP contribution in [0.5, 0.6) is 5.75 Å². The van der Waals surface area contributed by atoms with Gasteiger partial charge in [-0.3, -0.25) is 0 Å². The number of thiazole rings is 1. The number of nitrogen functional groups attached to an aromatic ring is 1. The molecule has 1 unspecified atom stereocenters. The van der Waals surface area contributed by atoms with Crippen LogP contribution in [0.2, 0.25) is 0 Å². The van der Waals surface area contributed by atoms with Crippen LogP contribution in [0.15, 0.2) is 53.9 Å². The molecule has 5 nitrogen and oxygen atoms in total. The number of aromatic carboxylic acids is 1. The van der Waals surface area contributed by atoms with Gasteiger partial charge in [-0.15, -0.1) is 11.3 Å². The monoisotopic (exact) mass is 354 g/mol. The molecule has 3 N–H and O–H groups in total. The summed E-state index contributed by atoms with van der Waals surface area (Å²) in [7, 11) is 1.64. The number of nitrogens with zero attached hydrogens (tertiary/aromatic N) is 1. The number of carbonyl (C=O) groups is 1. The van der Waals surface area contributed by atoms with E-state index < -0.39 is 5.97 Å². The largest absolute Gasteiger partial charge is 0.497 e. The van der Waals surface area contributed by atoms with Crippen LogP contribution in [0.4, 0.5) is 5.13 Å². The van der Waals surface area contributed by atoms with E-state index in [0.717, 1.165) is 22.6 Å². The van der Waals surface area contributed by atoms with Crippen molar-refractivity contribution < 1.29 is 14.6 Å². The molecule has 3 aromatic rings. The van der Waals surface area contributed by atoms with E-state index in [9.17, 15) is 4.79 Å². The Morgan fingerprint density at radius 3 is 2.40 bits per heavy atom. The maximum atomic E-state index is 11.0. The highest BCUT2D eigenvalue weighted by Crippen LogP contribution is 2.31. The van der Waals surface area contributed by atoms with Crippen LogP contribution in [-0.2, 0) is 6.42 Å². The fraction of sp³-hybridized carbons (Fsp3) is 0.158. The van der Waals surface area contributed by atoms with Crippen molar-refractivity contribution in [3.05, 3.63) is 76.3 Å². The lowest BCUT2D eigenvalue weighted by molar-refractivity contribution is 0.0697. The molecule has 0 aliphatic rings. The summed E-state index contributed by atoms with van der Waals surface area (Å²) in [5.41, 5.74) is 9.15. The van der Waals surface area contributed by atoms with Crippen molar-refractivity contribution in [3.63, 3.8) is 0 Å². The van der Waals surface area contributed by atoms with Gasteiger partial charge in [0.15, 0.2) is 5.13 Å². The Balaban J connectivity index is 1.91. The molecule has 25 heavy (non-hydrogen) atoms. The number of benzene rings is 2. The number of hydrogen-bond acceptors (Lipinski definition) is 5. The molecular weight excluding hydrogens is 336 g/mol. The smallest absolute Gasteiger partial charge is 0.335 e. The zero-order valence-corrected chi connectivity index (χ0v) is 14.5. The topological polar surface area (TPSA) is 85.4 Å². The molecule has 3 rings (SSSR count). The van der Waals surface area contributed by atoms with Crippen LogP contribution >= 0.6 is 11.3 Å². The second kappa shape index (κ2) is 7.36. The van der Waals surface area contributed by atoms with Crippen LogP contribution in [-0.4, -0.2) is 23.2 Å².